The van der Waals surface area contributed by atoms with Crippen LogP contribution in [0.15, 0.2) is 48.7 Å². The predicted octanol–water partition coefficient (Wildman–Crippen LogP) is 3.25. The summed E-state index contributed by atoms with van der Waals surface area (Å²) in [5.41, 5.74) is 0.908. The van der Waals surface area contributed by atoms with Crippen molar-refractivity contribution in [2.24, 2.45) is 0 Å². The molecule has 2 aliphatic rings. The lowest BCUT2D eigenvalue weighted by molar-refractivity contribution is -0.125. The quantitative estimate of drug-likeness (QED) is 0.678. The zero-order valence-corrected chi connectivity index (χ0v) is 14.5. The molecule has 27 heavy (non-hydrogen) atoms. The summed E-state index contributed by atoms with van der Waals surface area (Å²) in [6.07, 6.45) is 1.48. The van der Waals surface area contributed by atoms with E-state index in [1.165, 1.54) is 23.0 Å². The van der Waals surface area contributed by atoms with E-state index >= 15 is 0 Å². The van der Waals surface area contributed by atoms with Gasteiger partial charge >= 0.3 is 0 Å². The standard InChI is InChI=1S/C19H12ClFN4O2/c20-14-6-2-5-12-16(14)24-18(27)19(12)8-15(26)23-17-13(19)9-22-25(17)11-4-1-3-10(21)7-11/h1-7,9H,8H2,(H,23,26)(H,24,27)/t19-/m1/s1. The molecular formula is C19H12ClFN4O2. The number of aromatic nitrogens is 2. The van der Waals surface area contributed by atoms with Crippen molar-refractivity contribution >= 4 is 34.9 Å². The van der Waals surface area contributed by atoms with Crippen LogP contribution in [0.25, 0.3) is 5.69 Å². The van der Waals surface area contributed by atoms with Crippen LogP contribution in [0.1, 0.15) is 17.5 Å². The molecular weight excluding hydrogens is 371 g/mol. The van der Waals surface area contributed by atoms with Crippen LogP contribution in [0.5, 0.6) is 0 Å². The minimum Gasteiger partial charge on any atom is -0.323 e. The summed E-state index contributed by atoms with van der Waals surface area (Å²) in [6.45, 7) is 0. The fourth-order valence-corrected chi connectivity index (χ4v) is 4.11. The Balaban J connectivity index is 1.78. The van der Waals surface area contributed by atoms with E-state index in [0.717, 1.165) is 0 Å². The Morgan fingerprint density at radius 1 is 1.11 bits per heavy atom. The van der Waals surface area contributed by atoms with E-state index in [9.17, 15) is 14.0 Å². The molecule has 2 N–H and O–H groups in total. The zero-order chi connectivity index (χ0) is 18.8. The summed E-state index contributed by atoms with van der Waals surface area (Å²) in [5, 5.41) is 10.3. The third kappa shape index (κ3) is 2.09. The third-order valence-corrected chi connectivity index (χ3v) is 5.38. The van der Waals surface area contributed by atoms with Gasteiger partial charge in [0, 0.05) is 12.0 Å². The Morgan fingerprint density at radius 2 is 1.93 bits per heavy atom. The highest BCUT2D eigenvalue weighted by Gasteiger charge is 2.54. The summed E-state index contributed by atoms with van der Waals surface area (Å²) in [6, 6.07) is 11.1. The van der Waals surface area contributed by atoms with Crippen molar-refractivity contribution in [3.63, 3.8) is 0 Å². The Morgan fingerprint density at radius 3 is 2.74 bits per heavy atom. The van der Waals surface area contributed by atoms with Gasteiger partial charge in [-0.3, -0.25) is 9.59 Å². The number of anilines is 2. The van der Waals surface area contributed by atoms with Crippen molar-refractivity contribution in [2.75, 3.05) is 10.6 Å². The van der Waals surface area contributed by atoms with Crippen molar-refractivity contribution in [1.82, 2.24) is 9.78 Å². The molecule has 0 unspecified atom stereocenters. The molecule has 3 aromatic rings. The Hall–Kier alpha value is -3.19. The largest absolute Gasteiger partial charge is 0.323 e. The van der Waals surface area contributed by atoms with Crippen LogP contribution in [0.4, 0.5) is 15.9 Å². The minimum atomic E-state index is -1.22. The van der Waals surface area contributed by atoms with Gasteiger partial charge < -0.3 is 10.6 Å². The van der Waals surface area contributed by atoms with Gasteiger partial charge in [-0.25, -0.2) is 9.07 Å². The number of nitrogens with one attached hydrogen (secondary N) is 2. The van der Waals surface area contributed by atoms with Crippen molar-refractivity contribution in [3.8, 4) is 5.69 Å². The van der Waals surface area contributed by atoms with Gasteiger partial charge in [0.05, 0.1) is 22.6 Å². The molecule has 0 aliphatic carbocycles. The fraction of sp³-hybridized carbons (Fsp3) is 0.105. The van der Waals surface area contributed by atoms with Crippen molar-refractivity contribution < 1.29 is 14.0 Å². The van der Waals surface area contributed by atoms with Crippen LogP contribution in [0, 0.1) is 5.82 Å². The van der Waals surface area contributed by atoms with E-state index in [1.807, 2.05) is 0 Å². The molecule has 1 atom stereocenters. The van der Waals surface area contributed by atoms with Gasteiger partial charge in [-0.05, 0) is 29.8 Å². The summed E-state index contributed by atoms with van der Waals surface area (Å²) >= 11 is 6.24. The summed E-state index contributed by atoms with van der Waals surface area (Å²) < 4.78 is 15.1. The lowest BCUT2D eigenvalue weighted by Crippen LogP contribution is -2.43. The second-order valence-electron chi connectivity index (χ2n) is 6.55. The van der Waals surface area contributed by atoms with E-state index in [4.69, 9.17) is 11.6 Å². The van der Waals surface area contributed by atoms with Gasteiger partial charge in [0.25, 0.3) is 0 Å². The highest BCUT2D eigenvalue weighted by molar-refractivity contribution is 6.35. The summed E-state index contributed by atoms with van der Waals surface area (Å²) in [5.74, 6) is -0.742. The van der Waals surface area contributed by atoms with Crippen molar-refractivity contribution in [1.29, 1.82) is 0 Å². The number of carbonyl (C=O) groups excluding carboxylic acids is 2. The Kier molecular flexibility index (Phi) is 3.21. The average molecular weight is 383 g/mol. The second kappa shape index (κ2) is 5.40. The van der Waals surface area contributed by atoms with E-state index in [0.29, 0.717) is 33.3 Å². The number of halogens is 2. The SMILES string of the molecule is O=C1C[C@]2(C(=O)Nc3c(Cl)cccc32)c2cnn(-c3cccc(F)c3)c2N1. The molecule has 0 saturated heterocycles. The van der Waals surface area contributed by atoms with Gasteiger partial charge in [0.2, 0.25) is 11.8 Å². The van der Waals surface area contributed by atoms with E-state index in [-0.39, 0.29) is 18.2 Å². The number of amides is 2. The van der Waals surface area contributed by atoms with Gasteiger partial charge in [-0.2, -0.15) is 5.10 Å². The van der Waals surface area contributed by atoms with Crippen LogP contribution in [-0.4, -0.2) is 21.6 Å². The molecule has 0 saturated carbocycles. The molecule has 0 bridgehead atoms. The number of fused-ring (bicyclic) bond motifs is 4. The molecule has 134 valence electrons. The van der Waals surface area contributed by atoms with Crippen molar-refractivity contribution in [3.05, 3.63) is 70.6 Å². The van der Waals surface area contributed by atoms with E-state index in [2.05, 4.69) is 15.7 Å². The molecule has 6 nitrogen and oxygen atoms in total. The van der Waals surface area contributed by atoms with E-state index in [1.54, 1.807) is 30.3 Å². The maximum atomic E-state index is 13.7. The average Bonchev–Trinajstić information content (AvgIpc) is 3.17. The lowest BCUT2D eigenvalue weighted by atomic mass is 9.72. The normalized spacial score (nSPS) is 20.2. The fourth-order valence-electron chi connectivity index (χ4n) is 3.89. The second-order valence-corrected chi connectivity index (χ2v) is 6.95. The molecule has 1 aromatic heterocycles. The van der Waals surface area contributed by atoms with Gasteiger partial charge in [-0.1, -0.05) is 29.8 Å². The Labute approximate surface area is 157 Å². The number of benzene rings is 2. The van der Waals surface area contributed by atoms with Crippen molar-refractivity contribution in [2.45, 2.75) is 11.8 Å². The van der Waals surface area contributed by atoms with Crippen LogP contribution in [0.3, 0.4) is 0 Å². The van der Waals surface area contributed by atoms with Crippen LogP contribution >= 0.6 is 11.6 Å². The molecule has 0 fully saturated rings. The zero-order valence-electron chi connectivity index (χ0n) is 13.8. The molecule has 2 aliphatic heterocycles. The molecule has 8 heteroatoms. The molecule has 2 amide bonds. The first kappa shape index (κ1) is 16.0. The van der Waals surface area contributed by atoms with Gasteiger partial charge in [0.15, 0.2) is 0 Å². The number of rotatable bonds is 1. The number of nitrogens with zero attached hydrogens (tertiary/aromatic N) is 2. The van der Waals surface area contributed by atoms with Crippen LogP contribution in [0.2, 0.25) is 5.02 Å². The third-order valence-electron chi connectivity index (χ3n) is 5.06. The Bertz CT molecular complexity index is 1140. The first-order valence-corrected chi connectivity index (χ1v) is 8.63. The number of hydrogen-bond acceptors (Lipinski definition) is 3. The maximum absolute atomic E-state index is 13.7. The molecule has 2 aromatic carbocycles. The summed E-state index contributed by atoms with van der Waals surface area (Å²) in [7, 11) is 0. The first-order valence-electron chi connectivity index (χ1n) is 8.25. The molecule has 5 rings (SSSR count). The molecule has 3 heterocycles. The van der Waals surface area contributed by atoms with Crippen LogP contribution < -0.4 is 10.6 Å². The number of hydrogen-bond donors (Lipinski definition) is 2. The topological polar surface area (TPSA) is 76.0 Å². The van der Waals surface area contributed by atoms with Gasteiger partial charge in [-0.15, -0.1) is 0 Å². The van der Waals surface area contributed by atoms with Crippen LogP contribution in [-0.2, 0) is 15.0 Å². The monoisotopic (exact) mass is 382 g/mol. The highest BCUT2D eigenvalue weighted by Crippen LogP contribution is 2.51. The van der Waals surface area contributed by atoms with E-state index < -0.39 is 11.2 Å². The smallest absolute Gasteiger partial charge is 0.240 e. The lowest BCUT2D eigenvalue weighted by Gasteiger charge is -2.31. The highest BCUT2D eigenvalue weighted by atomic mass is 35.5. The van der Waals surface area contributed by atoms with Gasteiger partial charge in [0.1, 0.15) is 17.1 Å². The number of carbonyl (C=O) groups is 2. The molecule has 1 spiro atoms. The maximum Gasteiger partial charge on any atom is 0.240 e. The molecule has 0 radical (unpaired) electrons. The predicted molar refractivity (Wildman–Crippen MR) is 97.6 cm³/mol. The number of para-hydroxylation sites is 1. The summed E-state index contributed by atoms with van der Waals surface area (Å²) in [4.78, 5) is 25.6. The minimum absolute atomic E-state index is 0.0615. The first-order chi connectivity index (χ1) is 13.0.